The lowest BCUT2D eigenvalue weighted by Crippen LogP contribution is -2.37. The van der Waals surface area contributed by atoms with Gasteiger partial charge in [0.15, 0.2) is 5.65 Å². The van der Waals surface area contributed by atoms with E-state index in [1.54, 1.807) is 6.20 Å². The second kappa shape index (κ2) is 5.19. The molecule has 1 unspecified atom stereocenters. The molecule has 0 bridgehead atoms. The van der Waals surface area contributed by atoms with E-state index in [0.717, 1.165) is 48.5 Å². The summed E-state index contributed by atoms with van der Waals surface area (Å²) in [5, 5.41) is 3.46. The van der Waals surface area contributed by atoms with Gasteiger partial charge in [0.25, 0.3) is 0 Å². The molecule has 1 N–H and O–H groups in total. The molecule has 3 rings (SSSR count). The quantitative estimate of drug-likeness (QED) is 0.936. The fourth-order valence-corrected chi connectivity index (χ4v) is 2.79. The predicted octanol–water partition coefficient (Wildman–Crippen LogP) is 2.15. The SMILES string of the molecule is CC1(CNCc2cnc3cnc(Br)cn23)CCCO1. The maximum absolute atomic E-state index is 5.76. The minimum Gasteiger partial charge on any atom is -0.374 e. The van der Waals surface area contributed by atoms with Crippen molar-refractivity contribution in [1.29, 1.82) is 0 Å². The normalized spacial score (nSPS) is 23.3. The Morgan fingerprint density at radius 2 is 2.37 bits per heavy atom. The number of aromatic nitrogens is 3. The molecule has 0 aliphatic carbocycles. The van der Waals surface area contributed by atoms with Crippen molar-refractivity contribution in [3.8, 4) is 0 Å². The molecule has 1 aliphatic heterocycles. The van der Waals surface area contributed by atoms with Gasteiger partial charge in [-0.25, -0.2) is 9.97 Å². The highest BCUT2D eigenvalue weighted by Crippen LogP contribution is 2.24. The molecular weight excluding hydrogens is 308 g/mol. The Morgan fingerprint density at radius 3 is 3.16 bits per heavy atom. The Kier molecular flexibility index (Phi) is 3.56. The van der Waals surface area contributed by atoms with E-state index in [4.69, 9.17) is 4.74 Å². The van der Waals surface area contributed by atoms with Gasteiger partial charge in [-0.15, -0.1) is 0 Å². The number of ether oxygens (including phenoxy) is 1. The molecular formula is C13H17BrN4O. The molecule has 1 atom stereocenters. The van der Waals surface area contributed by atoms with Crippen LogP contribution < -0.4 is 5.32 Å². The van der Waals surface area contributed by atoms with E-state index in [-0.39, 0.29) is 5.60 Å². The zero-order valence-electron chi connectivity index (χ0n) is 10.9. The van der Waals surface area contributed by atoms with Gasteiger partial charge in [-0.1, -0.05) is 0 Å². The van der Waals surface area contributed by atoms with E-state index in [0.29, 0.717) is 0 Å². The molecule has 2 aromatic rings. The summed E-state index contributed by atoms with van der Waals surface area (Å²) in [6, 6.07) is 0. The van der Waals surface area contributed by atoms with Crippen LogP contribution in [0, 0.1) is 0 Å². The number of halogens is 1. The van der Waals surface area contributed by atoms with Crippen molar-refractivity contribution in [2.24, 2.45) is 0 Å². The summed E-state index contributed by atoms with van der Waals surface area (Å²) >= 11 is 3.38. The van der Waals surface area contributed by atoms with E-state index >= 15 is 0 Å². The van der Waals surface area contributed by atoms with Crippen molar-refractivity contribution in [2.45, 2.75) is 31.9 Å². The third-order valence-corrected chi connectivity index (χ3v) is 3.96. The van der Waals surface area contributed by atoms with Crippen LogP contribution in [0.15, 0.2) is 23.2 Å². The third kappa shape index (κ3) is 2.80. The van der Waals surface area contributed by atoms with Gasteiger partial charge < -0.3 is 10.1 Å². The third-order valence-electron chi connectivity index (χ3n) is 3.55. The maximum Gasteiger partial charge on any atom is 0.155 e. The van der Waals surface area contributed by atoms with Crippen LogP contribution in [0.25, 0.3) is 5.65 Å². The summed E-state index contributed by atoms with van der Waals surface area (Å²) in [6.07, 6.45) is 7.87. The predicted molar refractivity (Wildman–Crippen MR) is 76.0 cm³/mol. The van der Waals surface area contributed by atoms with Crippen molar-refractivity contribution in [3.63, 3.8) is 0 Å². The standard InChI is InChI=1S/C13H17BrN4O/c1-13(3-2-4-19-13)9-15-5-10-6-17-12-7-16-11(14)8-18(10)12/h6-8,15H,2-5,9H2,1H3. The number of hydrogen-bond donors (Lipinski definition) is 1. The second-order valence-electron chi connectivity index (χ2n) is 5.19. The lowest BCUT2D eigenvalue weighted by atomic mass is 10.0. The van der Waals surface area contributed by atoms with Crippen LogP contribution in [0.5, 0.6) is 0 Å². The molecule has 1 aliphatic rings. The maximum atomic E-state index is 5.76. The Morgan fingerprint density at radius 1 is 1.47 bits per heavy atom. The highest BCUT2D eigenvalue weighted by atomic mass is 79.9. The van der Waals surface area contributed by atoms with Gasteiger partial charge in [0, 0.05) is 25.9 Å². The summed E-state index contributed by atoms with van der Waals surface area (Å²) in [5.74, 6) is 0. The molecule has 0 saturated carbocycles. The second-order valence-corrected chi connectivity index (χ2v) is 6.01. The number of imidazole rings is 1. The number of nitrogens with zero attached hydrogens (tertiary/aromatic N) is 3. The van der Waals surface area contributed by atoms with Crippen molar-refractivity contribution >= 4 is 21.6 Å². The minimum atomic E-state index is -0.0113. The first-order valence-electron chi connectivity index (χ1n) is 6.48. The van der Waals surface area contributed by atoms with Gasteiger partial charge in [0.1, 0.15) is 4.60 Å². The van der Waals surface area contributed by atoms with Crippen molar-refractivity contribution in [1.82, 2.24) is 19.7 Å². The summed E-state index contributed by atoms with van der Waals surface area (Å²) in [7, 11) is 0. The average Bonchev–Trinajstić information content (AvgIpc) is 2.97. The van der Waals surface area contributed by atoms with Crippen LogP contribution in [-0.4, -0.2) is 33.1 Å². The van der Waals surface area contributed by atoms with Crippen molar-refractivity contribution in [2.75, 3.05) is 13.2 Å². The molecule has 2 aromatic heterocycles. The summed E-state index contributed by atoms with van der Waals surface area (Å²) in [5.41, 5.74) is 1.98. The van der Waals surface area contributed by atoms with Crippen LogP contribution in [-0.2, 0) is 11.3 Å². The fraction of sp³-hybridized carbons (Fsp3) is 0.538. The lowest BCUT2D eigenvalue weighted by Gasteiger charge is -2.23. The highest BCUT2D eigenvalue weighted by molar-refractivity contribution is 9.10. The van der Waals surface area contributed by atoms with E-state index < -0.39 is 0 Å². The zero-order valence-corrected chi connectivity index (χ0v) is 12.5. The molecule has 1 saturated heterocycles. The Balaban J connectivity index is 1.67. The Bertz CT molecular complexity index is 577. The van der Waals surface area contributed by atoms with E-state index in [9.17, 15) is 0 Å². The molecule has 6 heteroatoms. The first kappa shape index (κ1) is 13.0. The van der Waals surface area contributed by atoms with Gasteiger partial charge >= 0.3 is 0 Å². The first-order valence-corrected chi connectivity index (χ1v) is 7.28. The zero-order chi connectivity index (χ0) is 13.3. The van der Waals surface area contributed by atoms with E-state index in [2.05, 4.69) is 38.1 Å². The van der Waals surface area contributed by atoms with Gasteiger partial charge in [0.05, 0.1) is 23.7 Å². The Labute approximate surface area is 120 Å². The van der Waals surface area contributed by atoms with E-state index in [1.165, 1.54) is 0 Å². The fourth-order valence-electron chi connectivity index (χ4n) is 2.48. The number of nitrogens with one attached hydrogen (secondary N) is 1. The molecule has 0 spiro atoms. The van der Waals surface area contributed by atoms with Crippen LogP contribution in [0.1, 0.15) is 25.5 Å². The van der Waals surface area contributed by atoms with Crippen LogP contribution in [0.3, 0.4) is 0 Å². The molecule has 5 nitrogen and oxygen atoms in total. The minimum absolute atomic E-state index is 0.0113. The van der Waals surface area contributed by atoms with Gasteiger partial charge in [-0.3, -0.25) is 4.40 Å². The number of rotatable bonds is 4. The lowest BCUT2D eigenvalue weighted by molar-refractivity contribution is 0.0206. The summed E-state index contributed by atoms with van der Waals surface area (Å²) < 4.78 is 8.62. The van der Waals surface area contributed by atoms with Crippen LogP contribution >= 0.6 is 15.9 Å². The van der Waals surface area contributed by atoms with Gasteiger partial charge in [-0.05, 0) is 35.7 Å². The molecule has 19 heavy (non-hydrogen) atoms. The van der Waals surface area contributed by atoms with E-state index in [1.807, 2.05) is 16.8 Å². The molecule has 3 heterocycles. The average molecular weight is 325 g/mol. The van der Waals surface area contributed by atoms with Gasteiger partial charge in [0.2, 0.25) is 0 Å². The van der Waals surface area contributed by atoms with Crippen LogP contribution in [0.4, 0.5) is 0 Å². The highest BCUT2D eigenvalue weighted by Gasteiger charge is 2.29. The molecule has 102 valence electrons. The molecule has 1 fully saturated rings. The van der Waals surface area contributed by atoms with Gasteiger partial charge in [-0.2, -0.15) is 0 Å². The molecule has 0 amide bonds. The monoisotopic (exact) mass is 324 g/mol. The molecule has 0 aromatic carbocycles. The van der Waals surface area contributed by atoms with Crippen molar-refractivity contribution < 1.29 is 4.74 Å². The Hall–Kier alpha value is -0.980. The van der Waals surface area contributed by atoms with Crippen molar-refractivity contribution in [3.05, 3.63) is 28.9 Å². The largest absolute Gasteiger partial charge is 0.374 e. The number of hydrogen-bond acceptors (Lipinski definition) is 4. The first-order chi connectivity index (χ1) is 9.16. The molecule has 0 radical (unpaired) electrons. The topological polar surface area (TPSA) is 51.5 Å². The van der Waals surface area contributed by atoms with Crippen LogP contribution in [0.2, 0.25) is 0 Å². The summed E-state index contributed by atoms with van der Waals surface area (Å²) in [4.78, 5) is 8.50. The smallest absolute Gasteiger partial charge is 0.155 e. The summed E-state index contributed by atoms with van der Waals surface area (Å²) in [6.45, 7) is 4.69. The number of fused-ring (bicyclic) bond motifs is 1.